The second-order valence-corrected chi connectivity index (χ2v) is 5.51. The molecule has 5 heteroatoms. The number of benzene rings is 1. The van der Waals surface area contributed by atoms with Gasteiger partial charge in [0.05, 0.1) is 10.7 Å². The van der Waals surface area contributed by atoms with Crippen molar-refractivity contribution in [3.8, 4) is 11.5 Å². The average molecular weight is 372 g/mol. The molecular weight excluding hydrogens is 360 g/mol. The first kappa shape index (κ1) is 13.5. The third kappa shape index (κ3) is 3.54. The van der Waals surface area contributed by atoms with E-state index in [-0.39, 0.29) is 0 Å². The maximum atomic E-state index is 5.79. The lowest BCUT2D eigenvalue weighted by Gasteiger charge is -2.09. The molecule has 0 saturated heterocycles. The molecule has 0 aliphatic carbocycles. The Labute approximate surface area is 123 Å². The average Bonchev–Trinajstić information content (AvgIpc) is 2.34. The molecule has 0 spiro atoms. The van der Waals surface area contributed by atoms with Crippen molar-refractivity contribution in [3.63, 3.8) is 0 Å². The minimum absolute atomic E-state index is 0.728. The first-order valence-corrected chi connectivity index (χ1v) is 6.99. The standard InChI is InChI=1S/C13H12Br2N2O/c1-16-6-9-4-11(8-17-7-9)18-13-3-2-10(14)5-12(13)15/h2-5,7-8,16H,6H2,1H3. The van der Waals surface area contributed by atoms with E-state index in [2.05, 4.69) is 42.2 Å². The van der Waals surface area contributed by atoms with Gasteiger partial charge >= 0.3 is 0 Å². The van der Waals surface area contributed by atoms with Gasteiger partial charge in [0.15, 0.2) is 0 Å². The van der Waals surface area contributed by atoms with Crippen LogP contribution >= 0.6 is 31.9 Å². The number of rotatable bonds is 4. The van der Waals surface area contributed by atoms with Gasteiger partial charge < -0.3 is 10.1 Å². The van der Waals surface area contributed by atoms with Gasteiger partial charge in [0.25, 0.3) is 0 Å². The Kier molecular flexibility index (Phi) is 4.74. The Morgan fingerprint density at radius 3 is 2.78 bits per heavy atom. The number of pyridine rings is 1. The summed E-state index contributed by atoms with van der Waals surface area (Å²) < 4.78 is 7.70. The van der Waals surface area contributed by atoms with Gasteiger partial charge in [-0.2, -0.15) is 0 Å². The highest BCUT2D eigenvalue weighted by Gasteiger charge is 2.04. The van der Waals surface area contributed by atoms with Crippen molar-refractivity contribution < 1.29 is 4.74 Å². The van der Waals surface area contributed by atoms with Crippen molar-refractivity contribution in [2.75, 3.05) is 7.05 Å². The van der Waals surface area contributed by atoms with Crippen molar-refractivity contribution >= 4 is 31.9 Å². The molecule has 0 unspecified atom stereocenters. The molecule has 0 fully saturated rings. The van der Waals surface area contributed by atoms with Crippen LogP contribution in [-0.4, -0.2) is 12.0 Å². The zero-order valence-electron chi connectivity index (χ0n) is 9.78. The van der Waals surface area contributed by atoms with Crippen LogP contribution in [0.2, 0.25) is 0 Å². The van der Waals surface area contributed by atoms with Crippen molar-refractivity contribution in [3.05, 3.63) is 51.2 Å². The first-order chi connectivity index (χ1) is 8.69. The Morgan fingerprint density at radius 1 is 1.22 bits per heavy atom. The maximum absolute atomic E-state index is 5.79. The Balaban J connectivity index is 2.20. The Bertz CT molecular complexity index is 546. The van der Waals surface area contributed by atoms with E-state index in [1.165, 1.54) is 0 Å². The van der Waals surface area contributed by atoms with Crippen molar-refractivity contribution in [2.24, 2.45) is 0 Å². The van der Waals surface area contributed by atoms with Gasteiger partial charge in [0, 0.05) is 17.2 Å². The summed E-state index contributed by atoms with van der Waals surface area (Å²) in [5.74, 6) is 1.49. The number of ether oxygens (including phenoxy) is 1. The van der Waals surface area contributed by atoms with Gasteiger partial charge in [-0.05, 0) is 52.8 Å². The van der Waals surface area contributed by atoms with E-state index in [4.69, 9.17) is 4.74 Å². The molecule has 0 atom stereocenters. The molecule has 0 aliphatic heterocycles. The number of hydrogen-bond donors (Lipinski definition) is 1. The van der Waals surface area contributed by atoms with E-state index in [9.17, 15) is 0 Å². The fraction of sp³-hybridized carbons (Fsp3) is 0.154. The molecule has 1 aromatic heterocycles. The minimum Gasteiger partial charge on any atom is -0.455 e. The zero-order valence-corrected chi connectivity index (χ0v) is 13.0. The molecule has 0 aliphatic rings. The second kappa shape index (κ2) is 6.31. The summed E-state index contributed by atoms with van der Waals surface area (Å²) in [7, 11) is 1.90. The van der Waals surface area contributed by atoms with Crippen LogP contribution in [0.15, 0.2) is 45.6 Å². The van der Waals surface area contributed by atoms with Gasteiger partial charge in [-0.25, -0.2) is 0 Å². The summed E-state index contributed by atoms with van der Waals surface area (Å²) in [6, 6.07) is 7.75. The smallest absolute Gasteiger partial charge is 0.146 e. The van der Waals surface area contributed by atoms with E-state index < -0.39 is 0 Å². The zero-order chi connectivity index (χ0) is 13.0. The lowest BCUT2D eigenvalue weighted by atomic mass is 10.3. The van der Waals surface area contributed by atoms with Crippen LogP contribution in [-0.2, 0) is 6.54 Å². The van der Waals surface area contributed by atoms with Crippen LogP contribution in [0.25, 0.3) is 0 Å². The topological polar surface area (TPSA) is 34.2 Å². The van der Waals surface area contributed by atoms with Crippen LogP contribution in [0.3, 0.4) is 0 Å². The molecule has 0 radical (unpaired) electrons. The van der Waals surface area contributed by atoms with Gasteiger partial charge in [0.2, 0.25) is 0 Å². The number of aromatic nitrogens is 1. The van der Waals surface area contributed by atoms with E-state index in [1.807, 2.05) is 37.5 Å². The highest BCUT2D eigenvalue weighted by molar-refractivity contribution is 9.11. The van der Waals surface area contributed by atoms with E-state index >= 15 is 0 Å². The summed E-state index contributed by atoms with van der Waals surface area (Å²) in [4.78, 5) is 4.16. The number of hydrogen-bond acceptors (Lipinski definition) is 3. The highest BCUT2D eigenvalue weighted by atomic mass is 79.9. The van der Waals surface area contributed by atoms with E-state index in [1.54, 1.807) is 6.20 Å². The molecule has 1 N–H and O–H groups in total. The van der Waals surface area contributed by atoms with Crippen molar-refractivity contribution in [1.29, 1.82) is 0 Å². The van der Waals surface area contributed by atoms with E-state index in [0.29, 0.717) is 0 Å². The molecule has 1 heterocycles. The number of halogens is 2. The normalized spacial score (nSPS) is 10.4. The molecule has 2 rings (SSSR count). The summed E-state index contributed by atoms with van der Waals surface area (Å²) in [6.45, 7) is 0.770. The van der Waals surface area contributed by atoms with E-state index in [0.717, 1.165) is 32.6 Å². The van der Waals surface area contributed by atoms with Gasteiger partial charge in [-0.1, -0.05) is 15.9 Å². The minimum atomic E-state index is 0.728. The third-order valence-corrected chi connectivity index (χ3v) is 3.39. The largest absolute Gasteiger partial charge is 0.455 e. The quantitative estimate of drug-likeness (QED) is 0.877. The summed E-state index contributed by atoms with van der Waals surface area (Å²) in [6.07, 6.45) is 3.52. The lowest BCUT2D eigenvalue weighted by molar-refractivity contribution is 0.476. The predicted molar refractivity (Wildman–Crippen MR) is 78.9 cm³/mol. The molecule has 0 bridgehead atoms. The van der Waals surface area contributed by atoms with Gasteiger partial charge in [0.1, 0.15) is 11.5 Å². The molecule has 0 amide bonds. The van der Waals surface area contributed by atoms with Crippen LogP contribution in [0.5, 0.6) is 11.5 Å². The maximum Gasteiger partial charge on any atom is 0.146 e. The van der Waals surface area contributed by atoms with Gasteiger partial charge in [-0.3, -0.25) is 4.98 Å². The SMILES string of the molecule is CNCc1cncc(Oc2ccc(Br)cc2Br)c1. The summed E-state index contributed by atoms with van der Waals surface area (Å²) in [5.41, 5.74) is 1.09. The molecule has 3 nitrogen and oxygen atoms in total. The predicted octanol–water partition coefficient (Wildman–Crippen LogP) is 4.12. The monoisotopic (exact) mass is 370 g/mol. The van der Waals surface area contributed by atoms with Crippen LogP contribution in [0, 0.1) is 0 Å². The van der Waals surface area contributed by atoms with Crippen LogP contribution in [0.1, 0.15) is 5.56 Å². The lowest BCUT2D eigenvalue weighted by Crippen LogP contribution is -2.05. The van der Waals surface area contributed by atoms with Crippen LogP contribution in [0.4, 0.5) is 0 Å². The van der Waals surface area contributed by atoms with Crippen molar-refractivity contribution in [2.45, 2.75) is 6.54 Å². The summed E-state index contributed by atoms with van der Waals surface area (Å²) >= 11 is 6.87. The fourth-order valence-electron chi connectivity index (χ4n) is 1.51. The second-order valence-electron chi connectivity index (χ2n) is 3.74. The molecule has 1 aromatic carbocycles. The molecular formula is C13H12Br2N2O. The fourth-order valence-corrected chi connectivity index (χ4v) is 2.63. The molecule has 0 saturated carbocycles. The number of nitrogens with one attached hydrogen (secondary N) is 1. The Hall–Kier alpha value is -0.910. The van der Waals surface area contributed by atoms with Gasteiger partial charge in [-0.15, -0.1) is 0 Å². The molecule has 18 heavy (non-hydrogen) atoms. The third-order valence-electron chi connectivity index (χ3n) is 2.27. The van der Waals surface area contributed by atoms with Crippen LogP contribution < -0.4 is 10.1 Å². The molecule has 2 aromatic rings. The Morgan fingerprint density at radius 2 is 2.06 bits per heavy atom. The highest BCUT2D eigenvalue weighted by Crippen LogP contribution is 2.31. The molecule has 94 valence electrons. The summed E-state index contributed by atoms with van der Waals surface area (Å²) in [5, 5.41) is 3.08. The first-order valence-electron chi connectivity index (χ1n) is 5.40. The van der Waals surface area contributed by atoms with Crippen molar-refractivity contribution in [1.82, 2.24) is 10.3 Å². The number of nitrogens with zero attached hydrogens (tertiary/aromatic N) is 1.